The summed E-state index contributed by atoms with van der Waals surface area (Å²) in [6.07, 6.45) is 0. The summed E-state index contributed by atoms with van der Waals surface area (Å²) in [6, 6.07) is 6.69. The van der Waals surface area contributed by atoms with E-state index in [0.29, 0.717) is 5.39 Å². The summed E-state index contributed by atoms with van der Waals surface area (Å²) in [7, 11) is 0. The molecule has 0 aliphatic carbocycles. The van der Waals surface area contributed by atoms with Gasteiger partial charge in [0.1, 0.15) is 0 Å². The van der Waals surface area contributed by atoms with E-state index in [-0.39, 0.29) is 10.9 Å². The molecule has 17 heavy (non-hydrogen) atoms. The van der Waals surface area contributed by atoms with Crippen molar-refractivity contribution >= 4 is 22.4 Å². The predicted octanol–water partition coefficient (Wildman–Crippen LogP) is 2.15. The molecule has 0 spiro atoms. The van der Waals surface area contributed by atoms with Crippen molar-refractivity contribution in [3.05, 3.63) is 46.0 Å². The van der Waals surface area contributed by atoms with Gasteiger partial charge in [0.25, 0.3) is 0 Å². The van der Waals surface area contributed by atoms with Gasteiger partial charge in [-0.3, -0.25) is 10.1 Å². The molecular formula is C11H7NO5. The lowest BCUT2D eigenvalue weighted by molar-refractivity contribution is -0.384. The lowest BCUT2D eigenvalue weighted by Gasteiger charge is -2.02. The summed E-state index contributed by atoms with van der Waals surface area (Å²) in [6.45, 7) is 0. The van der Waals surface area contributed by atoms with Gasteiger partial charge >= 0.3 is 11.7 Å². The maximum atomic E-state index is 10.8. The first-order valence-corrected chi connectivity index (χ1v) is 4.64. The van der Waals surface area contributed by atoms with Gasteiger partial charge in [-0.1, -0.05) is 12.1 Å². The zero-order chi connectivity index (χ0) is 12.6. The van der Waals surface area contributed by atoms with E-state index in [1.807, 2.05) is 0 Å². The Kier molecular flexibility index (Phi) is 2.40. The highest BCUT2D eigenvalue weighted by Gasteiger charge is 2.19. The Labute approximate surface area is 94.9 Å². The molecule has 6 heteroatoms. The lowest BCUT2D eigenvalue weighted by Crippen LogP contribution is -1.97. The SMILES string of the molecule is O=C(O)c1ccc2ccc(O)c([N+](=O)[O-])c2c1. The number of phenols is 1. The minimum atomic E-state index is -1.18. The fourth-order valence-electron chi connectivity index (χ4n) is 1.62. The number of nitro groups is 1. The number of aromatic hydroxyl groups is 1. The third-order valence-corrected chi connectivity index (χ3v) is 2.40. The van der Waals surface area contributed by atoms with Gasteiger partial charge in [0.05, 0.1) is 15.9 Å². The third-order valence-electron chi connectivity index (χ3n) is 2.40. The van der Waals surface area contributed by atoms with Crippen LogP contribution in [0.1, 0.15) is 10.4 Å². The van der Waals surface area contributed by atoms with Crippen LogP contribution in [0, 0.1) is 10.1 Å². The second-order valence-corrected chi connectivity index (χ2v) is 3.43. The number of nitro benzene ring substituents is 1. The van der Waals surface area contributed by atoms with Crippen molar-refractivity contribution in [2.45, 2.75) is 0 Å². The van der Waals surface area contributed by atoms with Crippen molar-refractivity contribution in [2.75, 3.05) is 0 Å². The molecule has 0 heterocycles. The number of hydrogen-bond acceptors (Lipinski definition) is 4. The average Bonchev–Trinajstić information content (AvgIpc) is 2.27. The summed E-state index contributed by atoms with van der Waals surface area (Å²) in [4.78, 5) is 20.9. The van der Waals surface area contributed by atoms with Crippen LogP contribution in [0.5, 0.6) is 5.75 Å². The number of phenolic OH excluding ortho intramolecular Hbond substituents is 1. The normalized spacial score (nSPS) is 10.4. The molecule has 0 amide bonds. The van der Waals surface area contributed by atoms with Gasteiger partial charge in [-0.2, -0.15) is 0 Å². The minimum absolute atomic E-state index is 0.0637. The van der Waals surface area contributed by atoms with E-state index in [1.54, 1.807) is 0 Å². The molecule has 0 aromatic heterocycles. The molecule has 6 nitrogen and oxygen atoms in total. The van der Waals surface area contributed by atoms with Crippen molar-refractivity contribution in [2.24, 2.45) is 0 Å². The number of hydrogen-bond donors (Lipinski definition) is 2. The Hall–Kier alpha value is -2.63. The Balaban J connectivity index is 2.85. The summed E-state index contributed by atoms with van der Waals surface area (Å²) < 4.78 is 0. The number of fused-ring (bicyclic) bond motifs is 1. The van der Waals surface area contributed by atoms with Gasteiger partial charge in [0, 0.05) is 0 Å². The molecule has 0 bridgehead atoms. The Morgan fingerprint density at radius 1 is 1.24 bits per heavy atom. The molecule has 0 saturated carbocycles. The average molecular weight is 233 g/mol. The largest absolute Gasteiger partial charge is 0.502 e. The zero-order valence-corrected chi connectivity index (χ0v) is 8.45. The first kappa shape index (κ1) is 10.9. The summed E-state index contributed by atoms with van der Waals surface area (Å²) in [5, 5.41) is 29.7. The Morgan fingerprint density at radius 2 is 1.88 bits per heavy atom. The van der Waals surface area contributed by atoms with Crippen LogP contribution in [0.4, 0.5) is 5.69 Å². The molecule has 0 aliphatic heterocycles. The molecule has 0 fully saturated rings. The van der Waals surface area contributed by atoms with E-state index < -0.39 is 22.3 Å². The highest BCUT2D eigenvalue weighted by atomic mass is 16.6. The monoisotopic (exact) mass is 233 g/mol. The molecular weight excluding hydrogens is 226 g/mol. The Bertz CT molecular complexity index is 635. The number of carboxylic acids is 1. The number of aromatic carboxylic acids is 1. The first-order chi connectivity index (χ1) is 8.00. The molecule has 86 valence electrons. The van der Waals surface area contributed by atoms with E-state index in [2.05, 4.69) is 0 Å². The van der Waals surface area contributed by atoms with Crippen LogP contribution >= 0.6 is 0 Å². The van der Waals surface area contributed by atoms with Crippen LogP contribution in [0.25, 0.3) is 10.8 Å². The van der Waals surface area contributed by atoms with Crippen molar-refractivity contribution in [3.63, 3.8) is 0 Å². The highest BCUT2D eigenvalue weighted by Crippen LogP contribution is 2.34. The maximum Gasteiger partial charge on any atom is 0.335 e. The Morgan fingerprint density at radius 3 is 2.47 bits per heavy atom. The number of carbonyl (C=O) groups is 1. The molecule has 2 aromatic rings. The summed E-state index contributed by atoms with van der Waals surface area (Å²) in [5.41, 5.74) is -0.545. The third kappa shape index (κ3) is 1.76. The van der Waals surface area contributed by atoms with E-state index in [9.17, 15) is 20.0 Å². The summed E-state index contributed by atoms with van der Waals surface area (Å²) in [5.74, 6) is -1.66. The van der Waals surface area contributed by atoms with E-state index in [0.717, 1.165) is 0 Å². The van der Waals surface area contributed by atoms with E-state index in [4.69, 9.17) is 5.11 Å². The second-order valence-electron chi connectivity index (χ2n) is 3.43. The van der Waals surface area contributed by atoms with Crippen LogP contribution < -0.4 is 0 Å². The van der Waals surface area contributed by atoms with Gasteiger partial charge < -0.3 is 10.2 Å². The van der Waals surface area contributed by atoms with Crippen molar-refractivity contribution in [1.82, 2.24) is 0 Å². The zero-order valence-electron chi connectivity index (χ0n) is 8.45. The number of benzene rings is 2. The fourth-order valence-corrected chi connectivity index (χ4v) is 1.62. The first-order valence-electron chi connectivity index (χ1n) is 4.64. The fraction of sp³-hybridized carbons (Fsp3) is 0. The van der Waals surface area contributed by atoms with Crippen molar-refractivity contribution in [1.29, 1.82) is 0 Å². The van der Waals surface area contributed by atoms with Crippen molar-refractivity contribution in [3.8, 4) is 5.75 Å². The molecule has 0 aliphatic rings. The van der Waals surface area contributed by atoms with Crippen LogP contribution in [-0.4, -0.2) is 21.1 Å². The standard InChI is InChI=1S/C11H7NO5/c13-9-4-3-6-1-2-7(11(14)15)5-8(6)10(9)12(16)17/h1-5,13H,(H,14,15). The van der Waals surface area contributed by atoms with Gasteiger partial charge in [0.15, 0.2) is 5.75 Å². The van der Waals surface area contributed by atoms with E-state index >= 15 is 0 Å². The minimum Gasteiger partial charge on any atom is -0.502 e. The van der Waals surface area contributed by atoms with Gasteiger partial charge in [-0.15, -0.1) is 0 Å². The number of nitrogens with zero attached hydrogens (tertiary/aromatic N) is 1. The van der Waals surface area contributed by atoms with Gasteiger partial charge in [-0.05, 0) is 23.6 Å². The molecule has 0 radical (unpaired) electrons. The van der Waals surface area contributed by atoms with Crippen LogP contribution in [-0.2, 0) is 0 Å². The predicted molar refractivity (Wildman–Crippen MR) is 59.2 cm³/mol. The highest BCUT2D eigenvalue weighted by molar-refractivity contribution is 5.99. The summed E-state index contributed by atoms with van der Waals surface area (Å²) >= 11 is 0. The van der Waals surface area contributed by atoms with E-state index in [1.165, 1.54) is 30.3 Å². The molecule has 0 saturated heterocycles. The number of rotatable bonds is 2. The molecule has 0 unspecified atom stereocenters. The van der Waals surface area contributed by atoms with Crippen LogP contribution in [0.3, 0.4) is 0 Å². The smallest absolute Gasteiger partial charge is 0.335 e. The quantitative estimate of drug-likeness (QED) is 0.611. The molecule has 2 rings (SSSR count). The molecule has 0 atom stereocenters. The van der Waals surface area contributed by atoms with Gasteiger partial charge in [0.2, 0.25) is 0 Å². The van der Waals surface area contributed by atoms with Gasteiger partial charge in [-0.25, -0.2) is 4.79 Å². The van der Waals surface area contributed by atoms with Crippen molar-refractivity contribution < 1.29 is 19.9 Å². The number of carboxylic acid groups (broad SMARTS) is 1. The maximum absolute atomic E-state index is 10.8. The molecule has 2 aromatic carbocycles. The topological polar surface area (TPSA) is 101 Å². The van der Waals surface area contributed by atoms with Crippen LogP contribution in [0.15, 0.2) is 30.3 Å². The van der Waals surface area contributed by atoms with Crippen LogP contribution in [0.2, 0.25) is 0 Å². The molecule has 2 N–H and O–H groups in total. The lowest BCUT2D eigenvalue weighted by atomic mass is 10.0. The second kappa shape index (κ2) is 3.75.